The predicted molar refractivity (Wildman–Crippen MR) is 113 cm³/mol. The van der Waals surface area contributed by atoms with Crippen LogP contribution in [0.5, 0.6) is 5.75 Å². The molecule has 0 atom stereocenters. The molecule has 0 amide bonds. The van der Waals surface area contributed by atoms with Gasteiger partial charge in [0.05, 0.1) is 19.0 Å². The van der Waals surface area contributed by atoms with Crippen LogP contribution in [0, 0.1) is 0 Å². The molecule has 2 aromatic carbocycles. The standard InChI is InChI=1S/C22H23N5O/c1-26(2)18-6-4-5-17(13-18)20-15-25-21(22-23-11-12-27(20)22)24-14-16-7-9-19(28-3)10-8-16/h4-13,15H,14H2,1-3H3,(H,24,25). The lowest BCUT2D eigenvalue weighted by Gasteiger charge is -2.15. The summed E-state index contributed by atoms with van der Waals surface area (Å²) >= 11 is 0. The van der Waals surface area contributed by atoms with E-state index in [4.69, 9.17) is 4.74 Å². The number of hydrogen-bond donors (Lipinski definition) is 1. The van der Waals surface area contributed by atoms with Gasteiger partial charge in [0.1, 0.15) is 5.75 Å². The summed E-state index contributed by atoms with van der Waals surface area (Å²) in [7, 11) is 5.74. The SMILES string of the molecule is COc1ccc(CNc2ncc(-c3cccc(N(C)C)c3)n3ccnc23)cc1. The Morgan fingerprint density at radius 2 is 1.89 bits per heavy atom. The van der Waals surface area contributed by atoms with Gasteiger partial charge in [-0.3, -0.25) is 4.40 Å². The van der Waals surface area contributed by atoms with Crippen LogP contribution in [0.2, 0.25) is 0 Å². The van der Waals surface area contributed by atoms with Crippen LogP contribution in [0.1, 0.15) is 5.56 Å². The van der Waals surface area contributed by atoms with Gasteiger partial charge in [-0.05, 0) is 29.8 Å². The Morgan fingerprint density at radius 3 is 2.64 bits per heavy atom. The number of hydrogen-bond acceptors (Lipinski definition) is 5. The molecule has 0 saturated heterocycles. The second kappa shape index (κ2) is 7.60. The fourth-order valence-electron chi connectivity index (χ4n) is 3.13. The number of rotatable bonds is 6. The summed E-state index contributed by atoms with van der Waals surface area (Å²) in [6.45, 7) is 0.662. The molecule has 4 aromatic rings. The predicted octanol–water partition coefficient (Wildman–Crippen LogP) is 4.08. The molecule has 4 rings (SSSR count). The minimum atomic E-state index is 0.662. The van der Waals surface area contributed by atoms with Gasteiger partial charge >= 0.3 is 0 Å². The number of benzene rings is 2. The smallest absolute Gasteiger partial charge is 0.180 e. The Bertz CT molecular complexity index is 1090. The summed E-state index contributed by atoms with van der Waals surface area (Å²) in [5.41, 5.74) is 5.21. The minimum absolute atomic E-state index is 0.662. The number of ether oxygens (including phenoxy) is 1. The maximum Gasteiger partial charge on any atom is 0.180 e. The van der Waals surface area contributed by atoms with Crippen molar-refractivity contribution < 1.29 is 4.74 Å². The number of imidazole rings is 1. The van der Waals surface area contributed by atoms with E-state index < -0.39 is 0 Å². The molecule has 2 aromatic heterocycles. The Balaban J connectivity index is 1.63. The van der Waals surface area contributed by atoms with Crippen LogP contribution in [0.3, 0.4) is 0 Å². The molecule has 0 unspecified atom stereocenters. The highest BCUT2D eigenvalue weighted by atomic mass is 16.5. The third kappa shape index (κ3) is 3.49. The zero-order chi connectivity index (χ0) is 19.5. The van der Waals surface area contributed by atoms with Gasteiger partial charge in [0.2, 0.25) is 0 Å². The van der Waals surface area contributed by atoms with Gasteiger partial charge in [-0.25, -0.2) is 9.97 Å². The molecule has 28 heavy (non-hydrogen) atoms. The van der Waals surface area contributed by atoms with Crippen molar-refractivity contribution in [2.75, 3.05) is 31.4 Å². The van der Waals surface area contributed by atoms with Gasteiger partial charge in [-0.2, -0.15) is 0 Å². The van der Waals surface area contributed by atoms with Crippen molar-refractivity contribution in [1.82, 2.24) is 14.4 Å². The van der Waals surface area contributed by atoms with Crippen LogP contribution in [-0.4, -0.2) is 35.6 Å². The van der Waals surface area contributed by atoms with Crippen molar-refractivity contribution in [1.29, 1.82) is 0 Å². The van der Waals surface area contributed by atoms with E-state index in [-0.39, 0.29) is 0 Å². The van der Waals surface area contributed by atoms with E-state index >= 15 is 0 Å². The molecule has 0 spiro atoms. The van der Waals surface area contributed by atoms with Gasteiger partial charge in [0, 0.05) is 44.3 Å². The molecule has 0 aliphatic carbocycles. The van der Waals surface area contributed by atoms with Gasteiger partial charge in [0.15, 0.2) is 11.5 Å². The van der Waals surface area contributed by atoms with Crippen molar-refractivity contribution in [3.05, 3.63) is 72.7 Å². The first-order chi connectivity index (χ1) is 13.7. The van der Waals surface area contributed by atoms with Crippen LogP contribution < -0.4 is 15.0 Å². The highest BCUT2D eigenvalue weighted by Gasteiger charge is 2.11. The molecule has 0 aliphatic rings. The summed E-state index contributed by atoms with van der Waals surface area (Å²) in [5.74, 6) is 1.61. The molecule has 0 fully saturated rings. The molecule has 0 bridgehead atoms. The zero-order valence-electron chi connectivity index (χ0n) is 16.3. The lowest BCUT2D eigenvalue weighted by molar-refractivity contribution is 0.414. The van der Waals surface area contributed by atoms with Crippen LogP contribution in [0.15, 0.2) is 67.1 Å². The van der Waals surface area contributed by atoms with Crippen LogP contribution in [-0.2, 0) is 6.54 Å². The van der Waals surface area contributed by atoms with E-state index in [0.717, 1.165) is 39.7 Å². The number of nitrogens with zero attached hydrogens (tertiary/aromatic N) is 4. The van der Waals surface area contributed by atoms with Crippen molar-refractivity contribution in [3.8, 4) is 17.0 Å². The van der Waals surface area contributed by atoms with E-state index in [1.807, 2.05) is 50.8 Å². The maximum absolute atomic E-state index is 5.21. The first-order valence-corrected chi connectivity index (χ1v) is 9.12. The average Bonchev–Trinajstić information content (AvgIpc) is 3.22. The van der Waals surface area contributed by atoms with Crippen molar-refractivity contribution in [2.45, 2.75) is 6.54 Å². The summed E-state index contributed by atoms with van der Waals surface area (Å²) in [6.07, 6.45) is 5.65. The molecule has 1 N–H and O–H groups in total. The second-order valence-electron chi connectivity index (χ2n) is 6.76. The Hall–Kier alpha value is -3.54. The third-order valence-electron chi connectivity index (χ3n) is 4.71. The molecule has 6 heteroatoms. The fourth-order valence-corrected chi connectivity index (χ4v) is 3.13. The van der Waals surface area contributed by atoms with E-state index in [1.165, 1.54) is 0 Å². The topological polar surface area (TPSA) is 54.7 Å². The average molecular weight is 373 g/mol. The van der Waals surface area contributed by atoms with E-state index in [1.54, 1.807) is 13.3 Å². The Kier molecular flexibility index (Phi) is 4.85. The molecular weight excluding hydrogens is 350 g/mol. The third-order valence-corrected chi connectivity index (χ3v) is 4.71. The number of aromatic nitrogens is 3. The van der Waals surface area contributed by atoms with E-state index in [2.05, 4.69) is 48.9 Å². The molecule has 142 valence electrons. The molecule has 0 aliphatic heterocycles. The highest BCUT2D eigenvalue weighted by molar-refractivity contribution is 5.72. The summed E-state index contributed by atoms with van der Waals surface area (Å²) in [5, 5.41) is 3.39. The van der Waals surface area contributed by atoms with Crippen molar-refractivity contribution in [3.63, 3.8) is 0 Å². The number of fused-ring (bicyclic) bond motifs is 1. The lowest BCUT2D eigenvalue weighted by atomic mass is 10.1. The first-order valence-electron chi connectivity index (χ1n) is 9.12. The molecular formula is C22H23N5O. The van der Waals surface area contributed by atoms with Gasteiger partial charge in [-0.1, -0.05) is 24.3 Å². The Labute approximate surface area is 164 Å². The second-order valence-corrected chi connectivity index (χ2v) is 6.76. The molecule has 6 nitrogen and oxygen atoms in total. The van der Waals surface area contributed by atoms with Crippen molar-refractivity contribution in [2.24, 2.45) is 0 Å². The molecule has 2 heterocycles. The van der Waals surface area contributed by atoms with E-state index in [0.29, 0.717) is 6.54 Å². The number of anilines is 2. The lowest BCUT2D eigenvalue weighted by Crippen LogP contribution is -2.08. The normalized spacial score (nSPS) is 10.8. The van der Waals surface area contributed by atoms with Gasteiger partial charge < -0.3 is 15.0 Å². The van der Waals surface area contributed by atoms with E-state index in [9.17, 15) is 0 Å². The number of methoxy groups -OCH3 is 1. The quantitative estimate of drug-likeness (QED) is 0.552. The van der Waals surface area contributed by atoms with Crippen molar-refractivity contribution >= 4 is 17.2 Å². The maximum atomic E-state index is 5.21. The van der Waals surface area contributed by atoms with Crippen LogP contribution in [0.4, 0.5) is 11.5 Å². The largest absolute Gasteiger partial charge is 0.497 e. The Morgan fingerprint density at radius 1 is 1.07 bits per heavy atom. The van der Waals surface area contributed by atoms with Crippen LogP contribution >= 0.6 is 0 Å². The summed E-state index contributed by atoms with van der Waals surface area (Å²) < 4.78 is 7.28. The zero-order valence-corrected chi connectivity index (χ0v) is 16.3. The first kappa shape index (κ1) is 17.9. The highest BCUT2D eigenvalue weighted by Crippen LogP contribution is 2.26. The minimum Gasteiger partial charge on any atom is -0.497 e. The van der Waals surface area contributed by atoms with Crippen LogP contribution in [0.25, 0.3) is 16.9 Å². The number of nitrogens with one attached hydrogen (secondary N) is 1. The van der Waals surface area contributed by atoms with Gasteiger partial charge in [0.25, 0.3) is 0 Å². The summed E-state index contributed by atoms with van der Waals surface area (Å²) in [6, 6.07) is 16.4. The summed E-state index contributed by atoms with van der Waals surface area (Å²) in [4.78, 5) is 11.2. The fraction of sp³-hybridized carbons (Fsp3) is 0.182. The monoisotopic (exact) mass is 373 g/mol. The van der Waals surface area contributed by atoms with Gasteiger partial charge in [-0.15, -0.1) is 0 Å². The molecule has 0 radical (unpaired) electrons. The molecule has 0 saturated carbocycles.